The number of benzene rings is 2. The van der Waals surface area contributed by atoms with Gasteiger partial charge in [-0.2, -0.15) is 0 Å². The quantitative estimate of drug-likeness (QED) is 0.681. The average molecular weight is 401 g/mol. The Morgan fingerprint density at radius 3 is 2.33 bits per heavy atom. The van der Waals surface area contributed by atoms with E-state index in [1.165, 1.54) is 24.5 Å². The normalized spacial score (nSPS) is 10.3. The molecule has 0 unspecified atom stereocenters. The molecule has 0 fully saturated rings. The molecule has 3 aromatic rings. The van der Waals surface area contributed by atoms with Crippen LogP contribution in [0.3, 0.4) is 0 Å². The lowest BCUT2D eigenvalue weighted by Gasteiger charge is -2.08. The number of nitrogens with one attached hydrogen (secondary N) is 2. The number of hydrogen-bond donors (Lipinski definition) is 2. The first-order valence-corrected chi connectivity index (χ1v) is 8.69. The van der Waals surface area contributed by atoms with E-state index < -0.39 is 11.8 Å². The van der Waals surface area contributed by atoms with E-state index in [1.54, 1.807) is 6.07 Å². The third kappa shape index (κ3) is 5.03. The van der Waals surface area contributed by atoms with Crippen molar-refractivity contribution in [3.8, 4) is 11.4 Å². The molecule has 0 aliphatic rings. The van der Waals surface area contributed by atoms with Crippen molar-refractivity contribution in [3.05, 3.63) is 76.5 Å². The summed E-state index contributed by atoms with van der Waals surface area (Å²) in [5.41, 5.74) is 1.55. The Hall–Kier alpha value is -2.96. The number of carbonyl (C=O) groups excluding carboxylic acids is 2. The maximum absolute atomic E-state index is 12.1. The van der Waals surface area contributed by atoms with Gasteiger partial charge in [-0.05, 0) is 18.2 Å². The fourth-order valence-electron chi connectivity index (χ4n) is 2.26. The molecule has 2 N–H and O–H groups in total. The van der Waals surface area contributed by atoms with Crippen LogP contribution >= 0.6 is 23.2 Å². The molecule has 136 valence electrons. The van der Waals surface area contributed by atoms with Crippen molar-refractivity contribution < 1.29 is 9.59 Å². The molecule has 6 nitrogen and oxygen atoms in total. The first-order chi connectivity index (χ1) is 13.0. The van der Waals surface area contributed by atoms with Gasteiger partial charge in [0.05, 0.1) is 35.2 Å². The molecule has 27 heavy (non-hydrogen) atoms. The summed E-state index contributed by atoms with van der Waals surface area (Å²) in [5, 5.41) is 5.75. The molecule has 0 spiro atoms. The van der Waals surface area contributed by atoms with Gasteiger partial charge >= 0.3 is 0 Å². The second-order valence-electron chi connectivity index (χ2n) is 5.52. The largest absolute Gasteiger partial charge is 0.343 e. The molecule has 0 atom stereocenters. The molecule has 0 saturated heterocycles. The van der Waals surface area contributed by atoms with Gasteiger partial charge in [-0.15, -0.1) is 0 Å². The zero-order valence-corrected chi connectivity index (χ0v) is 15.5. The van der Waals surface area contributed by atoms with Crippen molar-refractivity contribution in [2.24, 2.45) is 0 Å². The van der Waals surface area contributed by atoms with Crippen LogP contribution in [0.2, 0.25) is 10.0 Å². The number of amides is 2. The minimum atomic E-state index is -0.470. The smallest absolute Gasteiger partial charge is 0.253 e. The van der Waals surface area contributed by atoms with Crippen molar-refractivity contribution in [1.82, 2.24) is 15.3 Å². The van der Waals surface area contributed by atoms with Crippen LogP contribution in [0, 0.1) is 0 Å². The predicted octanol–water partition coefficient (Wildman–Crippen LogP) is 3.82. The first-order valence-electron chi connectivity index (χ1n) is 7.93. The maximum Gasteiger partial charge on any atom is 0.253 e. The topological polar surface area (TPSA) is 84.0 Å². The summed E-state index contributed by atoms with van der Waals surface area (Å²) in [5.74, 6) is -0.328. The Kier molecular flexibility index (Phi) is 6.01. The lowest BCUT2D eigenvalue weighted by atomic mass is 10.2. The van der Waals surface area contributed by atoms with E-state index in [-0.39, 0.29) is 17.1 Å². The van der Waals surface area contributed by atoms with Crippen molar-refractivity contribution in [2.45, 2.75) is 0 Å². The van der Waals surface area contributed by atoms with E-state index in [4.69, 9.17) is 23.2 Å². The number of carbonyl (C=O) groups is 2. The molecule has 1 heterocycles. The van der Waals surface area contributed by atoms with E-state index in [2.05, 4.69) is 20.6 Å². The predicted molar refractivity (Wildman–Crippen MR) is 105 cm³/mol. The van der Waals surface area contributed by atoms with Crippen molar-refractivity contribution >= 4 is 40.7 Å². The molecular formula is C19H14Cl2N4O2. The van der Waals surface area contributed by atoms with Crippen molar-refractivity contribution in [2.75, 3.05) is 11.9 Å². The van der Waals surface area contributed by atoms with Crippen LogP contribution in [0.15, 0.2) is 60.9 Å². The summed E-state index contributed by atoms with van der Waals surface area (Å²) in [4.78, 5) is 32.5. The minimum Gasteiger partial charge on any atom is -0.343 e. The van der Waals surface area contributed by atoms with Crippen LogP contribution in [0.25, 0.3) is 11.4 Å². The molecule has 0 aliphatic carbocycles. The van der Waals surface area contributed by atoms with Crippen LogP contribution in [-0.4, -0.2) is 28.3 Å². The van der Waals surface area contributed by atoms with Gasteiger partial charge in [-0.25, -0.2) is 9.97 Å². The van der Waals surface area contributed by atoms with Crippen LogP contribution in [0.5, 0.6) is 0 Å². The third-order valence-corrected chi connectivity index (χ3v) is 4.10. The second kappa shape index (κ2) is 8.62. The van der Waals surface area contributed by atoms with E-state index in [9.17, 15) is 9.59 Å². The molecule has 1 aromatic heterocycles. The summed E-state index contributed by atoms with van der Waals surface area (Å²) in [6.45, 7) is -0.224. The summed E-state index contributed by atoms with van der Waals surface area (Å²) < 4.78 is 0. The highest BCUT2D eigenvalue weighted by molar-refractivity contribution is 6.36. The van der Waals surface area contributed by atoms with Gasteiger partial charge in [0, 0.05) is 10.6 Å². The van der Waals surface area contributed by atoms with Gasteiger partial charge < -0.3 is 10.6 Å². The van der Waals surface area contributed by atoms with Gasteiger partial charge in [0.15, 0.2) is 5.82 Å². The Morgan fingerprint density at radius 2 is 1.67 bits per heavy atom. The Bertz CT molecular complexity index is 963. The van der Waals surface area contributed by atoms with E-state index in [1.807, 2.05) is 30.3 Å². The lowest BCUT2D eigenvalue weighted by molar-refractivity contribution is -0.115. The average Bonchev–Trinajstić information content (AvgIpc) is 2.67. The zero-order valence-electron chi connectivity index (χ0n) is 13.9. The highest BCUT2D eigenvalue weighted by Gasteiger charge is 2.12. The molecule has 0 saturated carbocycles. The molecule has 0 aliphatic heterocycles. The van der Waals surface area contributed by atoms with Crippen LogP contribution < -0.4 is 10.6 Å². The van der Waals surface area contributed by atoms with Gasteiger partial charge in [-0.3, -0.25) is 9.59 Å². The summed E-state index contributed by atoms with van der Waals surface area (Å²) >= 11 is 11.8. The van der Waals surface area contributed by atoms with E-state index in [0.29, 0.717) is 16.5 Å². The van der Waals surface area contributed by atoms with E-state index >= 15 is 0 Å². The molecule has 8 heteroatoms. The highest BCUT2D eigenvalue weighted by Crippen LogP contribution is 2.20. The zero-order chi connectivity index (χ0) is 19.2. The molecule has 2 aromatic carbocycles. The maximum atomic E-state index is 12.1. The van der Waals surface area contributed by atoms with Gasteiger partial charge in [0.2, 0.25) is 5.91 Å². The summed E-state index contributed by atoms with van der Waals surface area (Å²) in [7, 11) is 0. The van der Waals surface area contributed by atoms with Gasteiger partial charge in [0.25, 0.3) is 5.91 Å². The van der Waals surface area contributed by atoms with Crippen molar-refractivity contribution in [3.63, 3.8) is 0 Å². The van der Waals surface area contributed by atoms with Gasteiger partial charge in [-0.1, -0.05) is 53.5 Å². The number of halogens is 2. The standard InChI is InChI=1S/C19H14Cl2N4O2/c20-13-6-7-15(16(21)8-13)19(27)24-11-17(26)25-14-9-22-18(23-10-14)12-4-2-1-3-5-12/h1-10H,11H2,(H,24,27)(H,25,26). The molecule has 0 bridgehead atoms. The summed E-state index contributed by atoms with van der Waals surface area (Å²) in [6.07, 6.45) is 3.01. The number of anilines is 1. The Balaban J connectivity index is 1.55. The fourth-order valence-corrected chi connectivity index (χ4v) is 2.76. The van der Waals surface area contributed by atoms with Crippen molar-refractivity contribution in [1.29, 1.82) is 0 Å². The monoisotopic (exact) mass is 400 g/mol. The summed E-state index contributed by atoms with van der Waals surface area (Å²) in [6, 6.07) is 14.0. The van der Waals surface area contributed by atoms with Crippen LogP contribution in [0.4, 0.5) is 5.69 Å². The number of nitrogens with zero attached hydrogens (tertiary/aromatic N) is 2. The van der Waals surface area contributed by atoms with Crippen LogP contribution in [-0.2, 0) is 4.79 Å². The van der Waals surface area contributed by atoms with E-state index in [0.717, 1.165) is 5.56 Å². The number of aromatic nitrogens is 2. The minimum absolute atomic E-state index is 0.213. The SMILES string of the molecule is O=C(CNC(=O)c1ccc(Cl)cc1Cl)Nc1cnc(-c2ccccc2)nc1. The number of rotatable bonds is 5. The highest BCUT2D eigenvalue weighted by atomic mass is 35.5. The Morgan fingerprint density at radius 1 is 0.963 bits per heavy atom. The van der Waals surface area contributed by atoms with Gasteiger partial charge in [0.1, 0.15) is 0 Å². The molecular weight excluding hydrogens is 387 g/mol. The molecule has 0 radical (unpaired) electrons. The number of hydrogen-bond acceptors (Lipinski definition) is 4. The van der Waals surface area contributed by atoms with Crippen LogP contribution in [0.1, 0.15) is 10.4 Å². The fraction of sp³-hybridized carbons (Fsp3) is 0.0526. The lowest BCUT2D eigenvalue weighted by Crippen LogP contribution is -2.33. The Labute approximate surface area is 165 Å². The second-order valence-corrected chi connectivity index (χ2v) is 6.36. The third-order valence-electron chi connectivity index (χ3n) is 3.55. The molecule has 2 amide bonds. The molecule has 3 rings (SSSR count). The first kappa shape index (κ1) is 18.8.